The molecule has 0 saturated carbocycles. The summed E-state index contributed by atoms with van der Waals surface area (Å²) in [4.78, 5) is 21.6. The smallest absolute Gasteiger partial charge is 0.303 e. The third kappa shape index (κ3) is 5.61. The largest absolute Gasteiger partial charge is 0.466 e. The van der Waals surface area contributed by atoms with Gasteiger partial charge in [0, 0.05) is 0 Å². The van der Waals surface area contributed by atoms with E-state index in [9.17, 15) is 0 Å². The molecule has 0 aliphatic carbocycles. The monoisotopic (exact) mass is 375 g/mol. The molecule has 0 atom stereocenters. The van der Waals surface area contributed by atoms with Crippen molar-refractivity contribution in [3.63, 3.8) is 0 Å². The van der Waals surface area contributed by atoms with E-state index in [2.05, 4.69) is 97.7 Å². The van der Waals surface area contributed by atoms with Gasteiger partial charge >= 0.3 is 7.82 Å². The number of benzene rings is 3. The van der Waals surface area contributed by atoms with Crippen LogP contribution in [0.1, 0.15) is 0 Å². The van der Waals surface area contributed by atoms with Gasteiger partial charge in [-0.2, -0.15) is 0 Å². The van der Waals surface area contributed by atoms with Crippen LogP contribution in [-0.2, 0) is 4.57 Å². The molecule has 130 valence electrons. The molecule has 0 aliphatic heterocycles. The predicted molar refractivity (Wildman–Crippen MR) is 105 cm³/mol. The Morgan fingerprint density at radius 2 is 0.800 bits per heavy atom. The second-order valence-corrected chi connectivity index (χ2v) is 10.1. The van der Waals surface area contributed by atoms with E-state index in [1.54, 1.807) is 0 Å². The van der Waals surface area contributed by atoms with E-state index < -0.39 is 15.1 Å². The Kier molecular flexibility index (Phi) is 6.66. The van der Waals surface area contributed by atoms with Crippen molar-refractivity contribution >= 4 is 31.0 Å². The lowest BCUT2D eigenvalue weighted by molar-refractivity contribution is 0.275. The van der Waals surface area contributed by atoms with Crippen molar-refractivity contribution in [1.29, 1.82) is 0 Å². The summed E-state index contributed by atoms with van der Waals surface area (Å²) in [6.07, 6.45) is 0. The van der Waals surface area contributed by atoms with Crippen LogP contribution >= 0.6 is 15.1 Å². The zero-order valence-corrected chi connectivity index (χ0v) is 15.6. The molecule has 0 heterocycles. The van der Waals surface area contributed by atoms with Crippen LogP contribution in [-0.4, -0.2) is 21.3 Å². The molecule has 0 amide bonds. The maximum Gasteiger partial charge on any atom is 0.466 e. The Morgan fingerprint density at radius 3 is 1.00 bits per heavy atom. The van der Waals surface area contributed by atoms with Gasteiger partial charge in [0.15, 0.2) is 0 Å². The average molecular weight is 375 g/mol. The summed E-state index contributed by atoms with van der Waals surface area (Å²) in [6.45, 7) is 2.41. The molecule has 3 aromatic carbocycles. The second kappa shape index (κ2) is 8.53. The van der Waals surface area contributed by atoms with Gasteiger partial charge in [0.1, 0.15) is 23.2 Å². The van der Waals surface area contributed by atoms with E-state index in [0.717, 1.165) is 0 Å². The highest BCUT2D eigenvalue weighted by molar-refractivity contribution is 7.95. The molecule has 0 radical (unpaired) electrons. The lowest BCUT2D eigenvalue weighted by Gasteiger charge is -2.22. The summed E-state index contributed by atoms with van der Waals surface area (Å²) >= 11 is 0. The van der Waals surface area contributed by atoms with Gasteiger partial charge < -0.3 is 14.7 Å². The van der Waals surface area contributed by atoms with E-state index in [4.69, 9.17) is 19.2 Å². The number of phosphoric acid groups is 1. The third-order valence-electron chi connectivity index (χ3n) is 3.82. The Labute approximate surface area is 148 Å². The van der Waals surface area contributed by atoms with Gasteiger partial charge in [-0.25, -0.2) is 4.57 Å². The zero-order chi connectivity index (χ0) is 18.3. The normalized spacial score (nSPS) is 11.4. The highest BCUT2D eigenvalue weighted by Gasteiger charge is 2.39. The lowest BCUT2D eigenvalue weighted by atomic mass is 10.4. The first-order chi connectivity index (χ1) is 11.8. The summed E-state index contributed by atoms with van der Waals surface area (Å²) < 4.78 is 8.88. The molecule has 3 aromatic rings. The van der Waals surface area contributed by atoms with Gasteiger partial charge in [0.25, 0.3) is 0 Å². The van der Waals surface area contributed by atoms with E-state index in [1.807, 2.05) is 0 Å². The molecule has 0 fully saturated rings. The molecule has 3 N–H and O–H groups in total. The fourth-order valence-corrected chi connectivity index (χ4v) is 5.83. The van der Waals surface area contributed by atoms with Gasteiger partial charge in [-0.3, -0.25) is 0 Å². The van der Waals surface area contributed by atoms with Crippen molar-refractivity contribution in [2.75, 3.05) is 6.66 Å². The highest BCUT2D eigenvalue weighted by atomic mass is 31.2. The highest BCUT2D eigenvalue weighted by Crippen LogP contribution is 2.51. The molecule has 6 heteroatoms. The fraction of sp³-hybridized carbons (Fsp3) is 0.0526. The average Bonchev–Trinajstić information content (AvgIpc) is 2.62. The Morgan fingerprint density at radius 1 is 0.600 bits per heavy atom. The van der Waals surface area contributed by atoms with Crippen molar-refractivity contribution in [2.24, 2.45) is 0 Å². The number of hydrogen-bond donors (Lipinski definition) is 3. The van der Waals surface area contributed by atoms with Crippen LogP contribution < -0.4 is 15.9 Å². The molecule has 0 aliphatic rings. The Bertz CT molecular complexity index is 713. The van der Waals surface area contributed by atoms with Gasteiger partial charge in [0.2, 0.25) is 0 Å². The van der Waals surface area contributed by atoms with E-state index in [0.29, 0.717) is 0 Å². The van der Waals surface area contributed by atoms with Crippen molar-refractivity contribution in [3.8, 4) is 0 Å². The van der Waals surface area contributed by atoms with Crippen molar-refractivity contribution in [3.05, 3.63) is 91.0 Å². The topological polar surface area (TPSA) is 77.8 Å². The van der Waals surface area contributed by atoms with E-state index in [-0.39, 0.29) is 0 Å². The summed E-state index contributed by atoms with van der Waals surface area (Å²) in [6, 6.07) is 32.6. The third-order valence-corrected chi connectivity index (χ3v) is 7.81. The zero-order valence-electron chi connectivity index (χ0n) is 13.8. The van der Waals surface area contributed by atoms with E-state index >= 15 is 0 Å². The molecule has 3 rings (SSSR count). The van der Waals surface area contributed by atoms with Gasteiger partial charge in [-0.05, 0) is 36.4 Å². The lowest BCUT2D eigenvalue weighted by Crippen LogP contribution is -2.30. The Balaban J connectivity index is 0.000000399. The minimum Gasteiger partial charge on any atom is -0.303 e. The quantitative estimate of drug-likeness (QED) is 0.615. The van der Waals surface area contributed by atoms with Crippen molar-refractivity contribution < 1.29 is 19.2 Å². The minimum absolute atomic E-state index is 1.43. The van der Waals surface area contributed by atoms with Crippen LogP contribution in [0.4, 0.5) is 0 Å². The molecule has 0 spiro atoms. The summed E-state index contributed by atoms with van der Waals surface area (Å²) in [5.74, 6) is 0. The summed E-state index contributed by atoms with van der Waals surface area (Å²) in [5.41, 5.74) is 0. The first kappa shape index (κ1) is 19.5. The first-order valence-corrected chi connectivity index (χ1v) is 11.4. The van der Waals surface area contributed by atoms with Gasteiger partial charge in [-0.1, -0.05) is 54.6 Å². The molecule has 0 aromatic heterocycles. The molecule has 0 saturated heterocycles. The van der Waals surface area contributed by atoms with Crippen LogP contribution in [0.3, 0.4) is 0 Å². The second-order valence-electron chi connectivity index (χ2n) is 5.53. The Hall–Kier alpha value is -1.80. The maximum atomic E-state index is 8.88. The van der Waals surface area contributed by atoms with Gasteiger partial charge in [-0.15, -0.1) is 0 Å². The van der Waals surface area contributed by atoms with Crippen LogP contribution in [0.5, 0.6) is 0 Å². The molecule has 25 heavy (non-hydrogen) atoms. The minimum atomic E-state index is -4.64. The van der Waals surface area contributed by atoms with Crippen LogP contribution in [0.2, 0.25) is 0 Å². The van der Waals surface area contributed by atoms with E-state index in [1.165, 1.54) is 15.9 Å². The van der Waals surface area contributed by atoms with Crippen LogP contribution in [0, 0.1) is 0 Å². The summed E-state index contributed by atoms with van der Waals surface area (Å²) in [5, 5.41) is 4.28. The number of rotatable bonds is 3. The van der Waals surface area contributed by atoms with Crippen LogP contribution in [0.25, 0.3) is 0 Å². The predicted octanol–water partition coefficient (Wildman–Crippen LogP) is 2.68. The van der Waals surface area contributed by atoms with Crippen molar-refractivity contribution in [2.45, 2.75) is 0 Å². The molecule has 0 unspecified atom stereocenters. The van der Waals surface area contributed by atoms with Crippen LogP contribution in [0.15, 0.2) is 91.0 Å². The fourth-order valence-electron chi connectivity index (χ4n) is 2.63. The SMILES string of the molecule is C[P+](c1ccccc1)(c1ccccc1)c1ccccc1.O=P(O)(O)O. The van der Waals surface area contributed by atoms with Crippen molar-refractivity contribution in [1.82, 2.24) is 0 Å². The van der Waals surface area contributed by atoms with Gasteiger partial charge in [0.05, 0.1) is 6.66 Å². The molecular weight excluding hydrogens is 354 g/mol. The first-order valence-electron chi connectivity index (χ1n) is 7.63. The maximum absolute atomic E-state index is 8.88. The standard InChI is InChI=1S/C19H18P.H3O4P/c1-20(17-11-5-2-6-12-17,18-13-7-3-8-14-18)19-15-9-4-10-16-19;1-5(2,3)4/h2-16H,1H3;(H3,1,2,3,4)/q+1;. The molecule has 4 nitrogen and oxygen atoms in total. The number of hydrogen-bond acceptors (Lipinski definition) is 1. The molecular formula is C19H21O4P2+. The summed E-state index contributed by atoms with van der Waals surface area (Å²) in [7, 11) is -6.17. The molecule has 0 bridgehead atoms.